The SMILES string of the molecule is Cn1c2ccccc2c2ccc3c(c4ccccc4n3-c3ccc(-c4ccc(-c5ccccc5)cc4)cc3)c21. The fraction of sp³-hybridized carbons (Fsp3) is 0.0270. The van der Waals surface area contributed by atoms with Crippen LogP contribution in [0.3, 0.4) is 0 Å². The molecule has 0 fully saturated rings. The minimum Gasteiger partial charge on any atom is -0.343 e. The van der Waals surface area contributed by atoms with Crippen LogP contribution < -0.4 is 0 Å². The van der Waals surface area contributed by atoms with Crippen LogP contribution in [0.1, 0.15) is 0 Å². The number of aromatic nitrogens is 2. The molecule has 8 rings (SSSR count). The number of para-hydroxylation sites is 2. The maximum absolute atomic E-state index is 2.41. The van der Waals surface area contributed by atoms with Crippen LogP contribution in [0.25, 0.3) is 71.6 Å². The van der Waals surface area contributed by atoms with E-state index in [1.165, 1.54) is 71.6 Å². The third-order valence-electron chi connectivity index (χ3n) is 8.15. The number of aryl methyl sites for hydroxylation is 1. The first kappa shape index (κ1) is 22.0. The van der Waals surface area contributed by atoms with Crippen molar-refractivity contribution in [2.75, 3.05) is 0 Å². The molecule has 0 aliphatic heterocycles. The Kier molecular flexibility index (Phi) is 4.77. The van der Waals surface area contributed by atoms with Crippen LogP contribution in [-0.2, 0) is 7.05 Å². The molecule has 2 heteroatoms. The molecule has 0 saturated carbocycles. The first-order chi connectivity index (χ1) is 19.3. The fourth-order valence-corrected chi connectivity index (χ4v) is 6.29. The number of hydrogen-bond acceptors (Lipinski definition) is 0. The van der Waals surface area contributed by atoms with Crippen molar-refractivity contribution in [2.24, 2.45) is 7.05 Å². The molecule has 0 saturated heterocycles. The maximum atomic E-state index is 2.41. The van der Waals surface area contributed by atoms with Crippen LogP contribution >= 0.6 is 0 Å². The van der Waals surface area contributed by atoms with Crippen LogP contribution in [0, 0.1) is 0 Å². The van der Waals surface area contributed by atoms with Gasteiger partial charge in [-0.15, -0.1) is 0 Å². The van der Waals surface area contributed by atoms with Gasteiger partial charge in [-0.25, -0.2) is 0 Å². The summed E-state index contributed by atoms with van der Waals surface area (Å²) >= 11 is 0. The summed E-state index contributed by atoms with van der Waals surface area (Å²) < 4.78 is 4.76. The van der Waals surface area contributed by atoms with E-state index < -0.39 is 0 Å². The summed E-state index contributed by atoms with van der Waals surface area (Å²) in [5.41, 5.74) is 11.1. The van der Waals surface area contributed by atoms with Gasteiger partial charge in [0.15, 0.2) is 0 Å². The van der Waals surface area contributed by atoms with Crippen molar-refractivity contribution in [1.29, 1.82) is 0 Å². The van der Waals surface area contributed by atoms with Crippen molar-refractivity contribution in [3.63, 3.8) is 0 Å². The molecule has 6 aromatic carbocycles. The fourth-order valence-electron chi connectivity index (χ4n) is 6.29. The molecule has 0 aliphatic carbocycles. The van der Waals surface area contributed by atoms with Gasteiger partial charge in [-0.05, 0) is 52.6 Å². The topological polar surface area (TPSA) is 9.86 Å². The van der Waals surface area contributed by atoms with E-state index >= 15 is 0 Å². The second-order valence-corrected chi connectivity index (χ2v) is 10.3. The highest BCUT2D eigenvalue weighted by Gasteiger charge is 2.18. The summed E-state index contributed by atoms with van der Waals surface area (Å²) in [6, 6.07) is 50.4. The number of rotatable bonds is 3. The van der Waals surface area contributed by atoms with Crippen LogP contribution in [-0.4, -0.2) is 9.13 Å². The minimum atomic E-state index is 1.17. The van der Waals surface area contributed by atoms with Gasteiger partial charge in [0, 0.05) is 39.8 Å². The van der Waals surface area contributed by atoms with Gasteiger partial charge in [0.2, 0.25) is 0 Å². The number of nitrogens with zero attached hydrogens (tertiary/aromatic N) is 2. The van der Waals surface area contributed by atoms with Gasteiger partial charge in [-0.3, -0.25) is 0 Å². The molecule has 184 valence electrons. The Hall–Kier alpha value is -5.08. The summed E-state index contributed by atoms with van der Waals surface area (Å²) in [5, 5.41) is 5.20. The molecule has 0 aliphatic rings. The van der Waals surface area contributed by atoms with E-state index in [4.69, 9.17) is 0 Å². The molecule has 0 amide bonds. The van der Waals surface area contributed by atoms with Gasteiger partial charge >= 0.3 is 0 Å². The zero-order chi connectivity index (χ0) is 25.9. The first-order valence-corrected chi connectivity index (χ1v) is 13.4. The van der Waals surface area contributed by atoms with Gasteiger partial charge in [-0.2, -0.15) is 0 Å². The van der Waals surface area contributed by atoms with E-state index in [1.54, 1.807) is 0 Å². The van der Waals surface area contributed by atoms with E-state index in [-0.39, 0.29) is 0 Å². The van der Waals surface area contributed by atoms with Crippen LogP contribution in [0.15, 0.2) is 140 Å². The summed E-state index contributed by atoms with van der Waals surface area (Å²) in [4.78, 5) is 0. The van der Waals surface area contributed by atoms with Crippen LogP contribution in [0.5, 0.6) is 0 Å². The highest BCUT2D eigenvalue weighted by Crippen LogP contribution is 2.40. The Labute approximate surface area is 227 Å². The second kappa shape index (κ2) is 8.47. The zero-order valence-electron chi connectivity index (χ0n) is 21.7. The molecule has 39 heavy (non-hydrogen) atoms. The lowest BCUT2D eigenvalue weighted by molar-refractivity contribution is 1.02. The average Bonchev–Trinajstić information content (AvgIpc) is 3.50. The number of hydrogen-bond donors (Lipinski definition) is 0. The normalized spacial score (nSPS) is 11.7. The molecule has 2 heterocycles. The Morgan fingerprint density at radius 1 is 0.385 bits per heavy atom. The van der Waals surface area contributed by atoms with Crippen LogP contribution in [0.4, 0.5) is 0 Å². The van der Waals surface area contributed by atoms with E-state index in [0.717, 1.165) is 0 Å². The van der Waals surface area contributed by atoms with E-state index in [0.29, 0.717) is 0 Å². The first-order valence-electron chi connectivity index (χ1n) is 13.4. The summed E-state index contributed by atoms with van der Waals surface area (Å²) in [7, 11) is 2.19. The van der Waals surface area contributed by atoms with Crippen LogP contribution in [0.2, 0.25) is 0 Å². The summed E-state index contributed by atoms with van der Waals surface area (Å²) in [6.07, 6.45) is 0. The quantitative estimate of drug-likeness (QED) is 0.229. The van der Waals surface area contributed by atoms with Crippen molar-refractivity contribution in [2.45, 2.75) is 0 Å². The van der Waals surface area contributed by atoms with Gasteiger partial charge in [-0.1, -0.05) is 109 Å². The predicted octanol–water partition coefficient (Wildman–Crippen LogP) is 9.76. The van der Waals surface area contributed by atoms with Gasteiger partial charge < -0.3 is 9.13 Å². The van der Waals surface area contributed by atoms with Gasteiger partial charge in [0.05, 0.1) is 16.6 Å². The summed E-state index contributed by atoms with van der Waals surface area (Å²) in [5.74, 6) is 0. The second-order valence-electron chi connectivity index (χ2n) is 10.3. The van der Waals surface area contributed by atoms with E-state index in [9.17, 15) is 0 Å². The van der Waals surface area contributed by atoms with Crippen molar-refractivity contribution in [1.82, 2.24) is 9.13 Å². The maximum Gasteiger partial charge on any atom is 0.0590 e. The van der Waals surface area contributed by atoms with Crippen molar-refractivity contribution < 1.29 is 0 Å². The zero-order valence-corrected chi connectivity index (χ0v) is 21.7. The lowest BCUT2D eigenvalue weighted by Crippen LogP contribution is -1.94. The largest absolute Gasteiger partial charge is 0.343 e. The number of benzene rings is 6. The lowest BCUT2D eigenvalue weighted by Gasteiger charge is -2.10. The molecule has 8 aromatic rings. The summed E-state index contributed by atoms with van der Waals surface area (Å²) in [6.45, 7) is 0. The molecule has 0 radical (unpaired) electrons. The van der Waals surface area contributed by atoms with E-state index in [1.807, 2.05) is 0 Å². The van der Waals surface area contributed by atoms with Gasteiger partial charge in [0.25, 0.3) is 0 Å². The minimum absolute atomic E-state index is 1.17. The van der Waals surface area contributed by atoms with Crippen molar-refractivity contribution in [3.05, 3.63) is 140 Å². The highest BCUT2D eigenvalue weighted by atomic mass is 15.0. The Morgan fingerprint density at radius 2 is 0.923 bits per heavy atom. The molecule has 0 bridgehead atoms. The van der Waals surface area contributed by atoms with Crippen molar-refractivity contribution >= 4 is 43.6 Å². The molecule has 0 spiro atoms. The Morgan fingerprint density at radius 3 is 1.62 bits per heavy atom. The highest BCUT2D eigenvalue weighted by molar-refractivity contribution is 6.25. The molecule has 0 N–H and O–H groups in total. The molecular weight excluding hydrogens is 472 g/mol. The molecule has 0 atom stereocenters. The van der Waals surface area contributed by atoms with Gasteiger partial charge in [0.1, 0.15) is 0 Å². The third kappa shape index (κ3) is 3.28. The monoisotopic (exact) mass is 498 g/mol. The molecular formula is C37H26N2. The molecule has 2 aromatic heterocycles. The lowest BCUT2D eigenvalue weighted by atomic mass is 10.0. The number of fused-ring (bicyclic) bond motifs is 7. The standard InChI is InChI=1S/C37H26N2/c1-38-33-13-7-5-11-30(33)31-23-24-35-36(37(31)38)32-12-6-8-14-34(32)39(35)29-21-19-28(20-22-29)27-17-15-26(16-18-27)25-9-3-2-4-10-25/h2-24H,1H3. The Bertz CT molecular complexity index is 2140. The smallest absolute Gasteiger partial charge is 0.0590 e. The van der Waals surface area contributed by atoms with E-state index in [2.05, 4.69) is 156 Å². The predicted molar refractivity (Wildman–Crippen MR) is 166 cm³/mol. The average molecular weight is 499 g/mol. The Balaban J connectivity index is 1.28. The molecule has 0 unspecified atom stereocenters. The third-order valence-corrected chi connectivity index (χ3v) is 8.15. The van der Waals surface area contributed by atoms with Crippen molar-refractivity contribution in [3.8, 4) is 27.9 Å². The molecule has 2 nitrogen and oxygen atoms in total.